The van der Waals surface area contributed by atoms with Crippen LogP contribution in [0.25, 0.3) is 0 Å². The fourth-order valence-corrected chi connectivity index (χ4v) is 5.95. The molecular weight excluding hydrogens is 580 g/mol. The molecule has 2 aliphatic heterocycles. The van der Waals surface area contributed by atoms with Crippen molar-refractivity contribution in [1.29, 1.82) is 0 Å². The fraction of sp³-hybridized carbons (Fsp3) is 0.312. The van der Waals surface area contributed by atoms with Crippen LogP contribution in [0.5, 0.6) is 11.5 Å². The van der Waals surface area contributed by atoms with Crippen LogP contribution in [0.3, 0.4) is 0 Å². The SMILES string of the molecule is COc1ccc(N2C(=O)N(c3c(C)cccc3Cl)C(C)c3cnc(Nc4ccc(N5CCN(C)CC5)cc4OC)nc32)nc1. The number of rotatable bonds is 7. The molecule has 2 aromatic carbocycles. The van der Waals surface area contributed by atoms with Gasteiger partial charge in [-0.25, -0.2) is 19.7 Å². The number of hydrogen-bond acceptors (Lipinski definition) is 9. The summed E-state index contributed by atoms with van der Waals surface area (Å²) in [5, 5.41) is 3.78. The Kier molecular flexibility index (Phi) is 8.15. The molecule has 0 saturated carbocycles. The van der Waals surface area contributed by atoms with Gasteiger partial charge >= 0.3 is 6.03 Å². The lowest BCUT2D eigenvalue weighted by Gasteiger charge is -2.40. The van der Waals surface area contributed by atoms with E-state index in [1.165, 1.54) is 4.90 Å². The quantitative estimate of drug-likeness (QED) is 0.261. The topological polar surface area (TPSA) is 99.2 Å². The summed E-state index contributed by atoms with van der Waals surface area (Å²) >= 11 is 6.66. The average Bonchev–Trinajstić information content (AvgIpc) is 3.03. The lowest BCUT2D eigenvalue weighted by Crippen LogP contribution is -2.48. The highest BCUT2D eigenvalue weighted by Crippen LogP contribution is 2.44. The van der Waals surface area contributed by atoms with Gasteiger partial charge < -0.3 is 24.6 Å². The van der Waals surface area contributed by atoms with Crippen molar-refractivity contribution in [2.45, 2.75) is 19.9 Å². The lowest BCUT2D eigenvalue weighted by molar-refractivity contribution is 0.250. The van der Waals surface area contributed by atoms with E-state index < -0.39 is 6.04 Å². The zero-order chi connectivity index (χ0) is 31.0. The minimum absolute atomic E-state index is 0.315. The van der Waals surface area contributed by atoms with Gasteiger partial charge in [-0.3, -0.25) is 4.90 Å². The number of fused-ring (bicyclic) bond motifs is 1. The van der Waals surface area contributed by atoms with E-state index in [2.05, 4.69) is 38.2 Å². The Morgan fingerprint density at radius 2 is 1.77 bits per heavy atom. The van der Waals surface area contributed by atoms with E-state index >= 15 is 0 Å². The molecular formula is C32H35ClN8O3. The number of benzene rings is 2. The van der Waals surface area contributed by atoms with E-state index in [-0.39, 0.29) is 6.03 Å². The van der Waals surface area contributed by atoms with Crippen LogP contribution in [-0.4, -0.2) is 73.3 Å². The van der Waals surface area contributed by atoms with E-state index in [0.717, 1.165) is 43.0 Å². The van der Waals surface area contributed by atoms with Gasteiger partial charge in [-0.05, 0) is 56.8 Å². The van der Waals surface area contributed by atoms with Gasteiger partial charge in [0.15, 0.2) is 5.82 Å². The van der Waals surface area contributed by atoms with Gasteiger partial charge in [0.25, 0.3) is 0 Å². The van der Waals surface area contributed by atoms with Crippen LogP contribution in [0.4, 0.5) is 39.4 Å². The zero-order valence-electron chi connectivity index (χ0n) is 25.4. The number of nitrogens with one attached hydrogen (secondary N) is 1. The van der Waals surface area contributed by atoms with Gasteiger partial charge in [0, 0.05) is 49.7 Å². The van der Waals surface area contributed by atoms with Crippen molar-refractivity contribution in [1.82, 2.24) is 19.9 Å². The highest BCUT2D eigenvalue weighted by molar-refractivity contribution is 6.34. The molecule has 1 fully saturated rings. The predicted molar refractivity (Wildman–Crippen MR) is 173 cm³/mol. The van der Waals surface area contributed by atoms with Crippen molar-refractivity contribution in [2.24, 2.45) is 0 Å². The number of piperazine rings is 1. The number of halogens is 1. The molecule has 0 bridgehead atoms. The molecule has 12 heteroatoms. The number of urea groups is 1. The van der Waals surface area contributed by atoms with Gasteiger partial charge in [0.1, 0.15) is 17.3 Å². The Bertz CT molecular complexity index is 1660. The standard InChI is InChI=1S/C32H35ClN8O3/c1-20-7-6-8-25(33)29(20)40-21(2)24-19-35-31(37-30(24)41(32(40)42)28-12-10-23(43-4)18-34-28)36-26-11-9-22(17-27(26)44-5)39-15-13-38(3)14-16-39/h6-12,17-19,21H,13-16H2,1-5H3,(H,35,36,37). The number of carbonyl (C=O) groups is 1. The van der Waals surface area contributed by atoms with Crippen molar-refractivity contribution in [3.8, 4) is 11.5 Å². The summed E-state index contributed by atoms with van der Waals surface area (Å²) in [6.45, 7) is 7.79. The van der Waals surface area contributed by atoms with Crippen LogP contribution >= 0.6 is 11.6 Å². The molecule has 0 spiro atoms. The molecule has 1 N–H and O–H groups in total. The number of para-hydroxylation sites is 1. The van der Waals surface area contributed by atoms with Crippen LogP contribution in [0.15, 0.2) is 60.9 Å². The van der Waals surface area contributed by atoms with Gasteiger partial charge in [-0.2, -0.15) is 4.98 Å². The summed E-state index contributed by atoms with van der Waals surface area (Å²) in [6, 6.07) is 14.4. The maximum Gasteiger partial charge on any atom is 0.336 e. The molecule has 11 nitrogen and oxygen atoms in total. The van der Waals surface area contributed by atoms with Crippen LogP contribution in [0.1, 0.15) is 24.1 Å². The highest BCUT2D eigenvalue weighted by Gasteiger charge is 2.41. The number of ether oxygens (including phenoxy) is 2. The minimum Gasteiger partial charge on any atom is -0.495 e. The first-order valence-electron chi connectivity index (χ1n) is 14.4. The van der Waals surface area contributed by atoms with Gasteiger partial charge in [0.05, 0.1) is 42.9 Å². The number of amides is 2. The Labute approximate surface area is 262 Å². The number of pyridine rings is 1. The number of hydrogen-bond donors (Lipinski definition) is 1. The largest absolute Gasteiger partial charge is 0.495 e. The second-order valence-electron chi connectivity index (χ2n) is 10.9. The number of methoxy groups -OCH3 is 2. The molecule has 4 heterocycles. The smallest absolute Gasteiger partial charge is 0.336 e. The van der Waals surface area contributed by atoms with Crippen molar-refractivity contribution in [3.05, 3.63) is 77.1 Å². The van der Waals surface area contributed by atoms with Crippen molar-refractivity contribution < 1.29 is 14.3 Å². The van der Waals surface area contributed by atoms with Crippen molar-refractivity contribution in [3.63, 3.8) is 0 Å². The first kappa shape index (κ1) is 29.5. The zero-order valence-corrected chi connectivity index (χ0v) is 26.2. The third-order valence-electron chi connectivity index (χ3n) is 8.16. The molecule has 1 saturated heterocycles. The van der Waals surface area contributed by atoms with Crippen molar-refractivity contribution >= 4 is 52.3 Å². The fourth-order valence-electron chi connectivity index (χ4n) is 5.63. The number of aromatic nitrogens is 3. The van der Waals surface area contributed by atoms with Gasteiger partial charge in [-0.15, -0.1) is 0 Å². The van der Waals surface area contributed by atoms with Crippen LogP contribution in [-0.2, 0) is 0 Å². The average molecular weight is 615 g/mol. The summed E-state index contributed by atoms with van der Waals surface area (Å²) in [5.41, 5.74) is 4.05. The van der Waals surface area contributed by atoms with E-state index in [1.54, 1.807) is 49.7 Å². The van der Waals surface area contributed by atoms with Crippen LogP contribution < -0.4 is 29.5 Å². The normalized spacial score (nSPS) is 17.0. The van der Waals surface area contributed by atoms with Crippen LogP contribution in [0, 0.1) is 6.92 Å². The van der Waals surface area contributed by atoms with E-state index in [1.807, 2.05) is 38.1 Å². The van der Waals surface area contributed by atoms with Gasteiger partial charge in [-0.1, -0.05) is 23.7 Å². The Hall–Kier alpha value is -4.61. The molecule has 1 unspecified atom stereocenters. The molecule has 1 atom stereocenters. The third kappa shape index (κ3) is 5.44. The minimum atomic E-state index is -0.406. The molecule has 4 aromatic rings. The van der Waals surface area contributed by atoms with Crippen molar-refractivity contribution in [2.75, 3.05) is 67.5 Å². The Morgan fingerprint density at radius 1 is 0.977 bits per heavy atom. The highest BCUT2D eigenvalue weighted by atomic mass is 35.5. The number of nitrogens with zero attached hydrogens (tertiary/aromatic N) is 7. The summed E-state index contributed by atoms with van der Waals surface area (Å²) in [6.07, 6.45) is 3.31. The molecule has 228 valence electrons. The molecule has 2 aliphatic rings. The number of aryl methyl sites for hydroxylation is 1. The maximum atomic E-state index is 14.4. The first-order valence-corrected chi connectivity index (χ1v) is 14.8. The summed E-state index contributed by atoms with van der Waals surface area (Å²) in [5.74, 6) is 2.36. The number of likely N-dealkylation sites (N-methyl/N-ethyl adjacent to an activating group) is 1. The second-order valence-corrected chi connectivity index (χ2v) is 11.3. The third-order valence-corrected chi connectivity index (χ3v) is 8.46. The molecule has 2 aromatic heterocycles. The van der Waals surface area contributed by atoms with Gasteiger partial charge in [0.2, 0.25) is 5.95 Å². The summed E-state index contributed by atoms with van der Waals surface area (Å²) in [7, 11) is 5.35. The monoisotopic (exact) mass is 614 g/mol. The van der Waals surface area contributed by atoms with E-state index in [4.69, 9.17) is 26.1 Å². The maximum absolute atomic E-state index is 14.4. The second kappa shape index (κ2) is 12.2. The van der Waals surface area contributed by atoms with Crippen LogP contribution in [0.2, 0.25) is 5.02 Å². The molecule has 6 rings (SSSR count). The number of carbonyl (C=O) groups excluding carboxylic acids is 1. The van der Waals surface area contributed by atoms with E-state index in [0.29, 0.717) is 45.5 Å². The number of anilines is 6. The Morgan fingerprint density at radius 3 is 2.45 bits per heavy atom. The molecule has 44 heavy (non-hydrogen) atoms. The van der Waals surface area contributed by atoms with E-state index in [9.17, 15) is 4.79 Å². The summed E-state index contributed by atoms with van der Waals surface area (Å²) < 4.78 is 11.1. The molecule has 2 amide bonds. The first-order chi connectivity index (χ1) is 21.3. The molecule has 0 aliphatic carbocycles. The summed E-state index contributed by atoms with van der Waals surface area (Å²) in [4.78, 5) is 36.2. The predicted octanol–water partition coefficient (Wildman–Crippen LogP) is 6.19. The molecule has 0 radical (unpaired) electrons. The lowest BCUT2D eigenvalue weighted by atomic mass is 10.0. The Balaban J connectivity index is 1.39.